The predicted octanol–water partition coefficient (Wildman–Crippen LogP) is 6.21. The molecule has 0 aliphatic rings. The van der Waals surface area contributed by atoms with Crippen LogP contribution in [0.3, 0.4) is 0 Å². The molecule has 1 aromatic carbocycles. The quantitative estimate of drug-likeness (QED) is 0.317. The molecule has 0 saturated carbocycles. The van der Waals surface area contributed by atoms with Crippen molar-refractivity contribution in [2.45, 2.75) is 69.9 Å². The molecule has 0 bridgehead atoms. The third kappa shape index (κ3) is 4.02. The molecule has 0 heterocycles. The lowest BCUT2D eigenvalue weighted by Gasteiger charge is -2.42. The molecule has 22 heavy (non-hydrogen) atoms. The molecule has 1 atom stereocenters. The molecule has 0 amide bonds. The van der Waals surface area contributed by atoms with Crippen LogP contribution in [0, 0.1) is 0 Å². The maximum Gasteiger partial charge on any atom is 0.258 e. The molecule has 1 rings (SSSR count). The van der Waals surface area contributed by atoms with Gasteiger partial charge in [0.1, 0.15) is 5.75 Å². The van der Waals surface area contributed by atoms with E-state index in [-0.39, 0.29) is 10.6 Å². The summed E-state index contributed by atoms with van der Waals surface area (Å²) in [7, 11) is -1.93. The van der Waals surface area contributed by atoms with E-state index in [1.54, 1.807) is 0 Å². The Morgan fingerprint density at radius 3 is 1.64 bits per heavy atom. The molecular weight excluding hydrogens is 356 g/mol. The number of halogens is 1. The molecule has 0 aromatic heterocycles. The fraction of sp³-hybridized carbons (Fsp3) is 0.611. The Morgan fingerprint density at radius 1 is 0.909 bits per heavy atom. The Balaban J connectivity index is 3.08. The van der Waals surface area contributed by atoms with Crippen LogP contribution >= 0.6 is 15.9 Å². The zero-order valence-corrected chi connectivity index (χ0v) is 17.4. The van der Waals surface area contributed by atoms with Crippen molar-refractivity contribution in [3.8, 4) is 5.75 Å². The molecule has 1 unspecified atom stereocenters. The Labute approximate surface area is 144 Å². The molecule has 0 aliphatic carbocycles. The second-order valence-corrected chi connectivity index (χ2v) is 13.7. The minimum Gasteiger partial charge on any atom is -0.543 e. The van der Waals surface area contributed by atoms with Crippen LogP contribution in [0.1, 0.15) is 58.8 Å². The van der Waals surface area contributed by atoms with E-state index in [2.05, 4.69) is 57.5 Å². The molecule has 0 radical (unpaired) electrons. The van der Waals surface area contributed by atoms with Crippen molar-refractivity contribution in [1.82, 2.24) is 0 Å². The topological polar surface area (TPSA) is 26.3 Å². The average Bonchev–Trinajstić information content (AvgIpc) is 2.43. The maximum atomic E-state index is 12.0. The zero-order valence-electron chi connectivity index (χ0n) is 14.8. The summed E-state index contributed by atoms with van der Waals surface area (Å²) in [4.78, 5) is 11.8. The minimum absolute atomic E-state index is 0.103. The smallest absolute Gasteiger partial charge is 0.258 e. The second-order valence-electron chi connectivity index (χ2n) is 6.92. The number of benzene rings is 1. The van der Waals surface area contributed by atoms with Crippen LogP contribution < -0.4 is 4.43 Å². The summed E-state index contributed by atoms with van der Waals surface area (Å²) in [6.07, 6.45) is 0. The second kappa shape index (κ2) is 7.78. The number of hydrogen-bond donors (Lipinski definition) is 0. The van der Waals surface area contributed by atoms with E-state index in [0.29, 0.717) is 16.6 Å². The van der Waals surface area contributed by atoms with E-state index < -0.39 is 8.32 Å². The van der Waals surface area contributed by atoms with Crippen LogP contribution in [0.2, 0.25) is 16.6 Å². The maximum absolute atomic E-state index is 12.0. The van der Waals surface area contributed by atoms with Crippen molar-refractivity contribution in [3.05, 3.63) is 29.8 Å². The summed E-state index contributed by atoms with van der Waals surface area (Å²) in [6, 6.07) is 7.63. The van der Waals surface area contributed by atoms with Crippen LogP contribution in [0.15, 0.2) is 24.3 Å². The van der Waals surface area contributed by atoms with Gasteiger partial charge in [-0.2, -0.15) is 0 Å². The van der Waals surface area contributed by atoms with Crippen LogP contribution in [0.25, 0.3) is 0 Å². The van der Waals surface area contributed by atoms with E-state index in [1.807, 2.05) is 31.2 Å². The van der Waals surface area contributed by atoms with Gasteiger partial charge in [0, 0.05) is 5.56 Å². The highest BCUT2D eigenvalue weighted by atomic mass is 79.9. The molecule has 0 spiro atoms. The molecule has 4 heteroatoms. The van der Waals surface area contributed by atoms with Gasteiger partial charge in [0.05, 0.1) is 4.83 Å². The lowest BCUT2D eigenvalue weighted by molar-refractivity contribution is 0.0996. The highest BCUT2D eigenvalue weighted by Gasteiger charge is 2.46. The van der Waals surface area contributed by atoms with E-state index >= 15 is 0 Å². The Kier molecular flexibility index (Phi) is 6.87. The van der Waals surface area contributed by atoms with Gasteiger partial charge >= 0.3 is 0 Å². The van der Waals surface area contributed by atoms with Crippen LogP contribution in [0.5, 0.6) is 5.75 Å². The highest BCUT2D eigenvalue weighted by Crippen LogP contribution is 2.42. The third-order valence-electron chi connectivity index (χ3n) is 4.50. The number of alkyl halides is 1. The zero-order chi connectivity index (χ0) is 17.1. The van der Waals surface area contributed by atoms with Gasteiger partial charge in [0.15, 0.2) is 5.78 Å². The van der Waals surface area contributed by atoms with Gasteiger partial charge in [0.2, 0.25) is 0 Å². The van der Waals surface area contributed by atoms with E-state index in [0.717, 1.165) is 11.3 Å². The SMILES string of the molecule is CC(Br)C(=O)c1ccc(O[Si](C(C)C)(C(C)C)C(C)C)cc1. The summed E-state index contributed by atoms with van der Waals surface area (Å²) >= 11 is 3.33. The van der Waals surface area contributed by atoms with Gasteiger partial charge in [-0.3, -0.25) is 4.79 Å². The van der Waals surface area contributed by atoms with Crippen LogP contribution in [-0.4, -0.2) is 18.9 Å². The Hall–Kier alpha value is -0.613. The van der Waals surface area contributed by atoms with Gasteiger partial charge < -0.3 is 4.43 Å². The number of ketones is 1. The number of carbonyl (C=O) groups is 1. The summed E-state index contributed by atoms with van der Waals surface area (Å²) < 4.78 is 6.60. The third-order valence-corrected chi connectivity index (χ3v) is 10.9. The van der Waals surface area contributed by atoms with E-state index in [1.165, 1.54) is 0 Å². The van der Waals surface area contributed by atoms with Crippen LogP contribution in [-0.2, 0) is 0 Å². The van der Waals surface area contributed by atoms with Crippen molar-refractivity contribution < 1.29 is 9.22 Å². The highest BCUT2D eigenvalue weighted by molar-refractivity contribution is 9.10. The summed E-state index contributed by atoms with van der Waals surface area (Å²) in [5, 5.41) is 0. The molecule has 2 nitrogen and oxygen atoms in total. The minimum atomic E-state index is -1.93. The normalized spacial score (nSPS) is 13.8. The molecule has 0 fully saturated rings. The molecule has 0 N–H and O–H groups in total. The predicted molar refractivity (Wildman–Crippen MR) is 101 cm³/mol. The monoisotopic (exact) mass is 384 g/mol. The van der Waals surface area contributed by atoms with E-state index in [4.69, 9.17) is 4.43 Å². The molecular formula is C18H29BrO2Si. The first-order valence-electron chi connectivity index (χ1n) is 8.10. The van der Waals surface area contributed by atoms with Gasteiger partial charge in [-0.15, -0.1) is 0 Å². The lowest BCUT2D eigenvalue weighted by atomic mass is 10.1. The fourth-order valence-electron chi connectivity index (χ4n) is 3.47. The summed E-state index contributed by atoms with van der Waals surface area (Å²) in [5.41, 5.74) is 2.34. The first-order valence-corrected chi connectivity index (χ1v) is 11.2. The summed E-state index contributed by atoms with van der Waals surface area (Å²) in [6.45, 7) is 15.5. The average molecular weight is 385 g/mol. The Morgan fingerprint density at radius 2 is 1.32 bits per heavy atom. The number of hydrogen-bond acceptors (Lipinski definition) is 2. The van der Waals surface area contributed by atoms with Gasteiger partial charge in [0.25, 0.3) is 8.32 Å². The van der Waals surface area contributed by atoms with Gasteiger partial charge in [-0.1, -0.05) is 57.5 Å². The van der Waals surface area contributed by atoms with Crippen molar-refractivity contribution in [1.29, 1.82) is 0 Å². The standard InChI is InChI=1S/C18H29BrO2Si/c1-12(2)22(13(3)4,14(5)6)21-17-10-8-16(9-11-17)18(20)15(7)19/h8-15H,1-7H3. The van der Waals surface area contributed by atoms with Crippen LogP contribution in [0.4, 0.5) is 0 Å². The largest absolute Gasteiger partial charge is 0.543 e. The van der Waals surface area contributed by atoms with Gasteiger partial charge in [-0.25, -0.2) is 0 Å². The van der Waals surface area contributed by atoms with Crippen molar-refractivity contribution >= 4 is 30.0 Å². The lowest BCUT2D eigenvalue weighted by Crippen LogP contribution is -2.50. The molecule has 124 valence electrons. The first kappa shape index (κ1) is 19.4. The number of Topliss-reactive ketones (excluding diaryl/α,β-unsaturated/α-hetero) is 1. The Bertz CT molecular complexity index is 471. The fourth-order valence-corrected chi connectivity index (χ4v) is 8.99. The van der Waals surface area contributed by atoms with Crippen molar-refractivity contribution in [2.75, 3.05) is 0 Å². The van der Waals surface area contributed by atoms with E-state index in [9.17, 15) is 4.79 Å². The number of rotatable bonds is 7. The summed E-state index contributed by atoms with van der Waals surface area (Å²) in [5.74, 6) is 0.994. The molecule has 1 aromatic rings. The first-order chi connectivity index (χ1) is 10.1. The van der Waals surface area contributed by atoms with Gasteiger partial charge in [-0.05, 0) is 47.8 Å². The molecule has 0 saturated heterocycles. The number of carbonyl (C=O) groups excluding carboxylic acids is 1. The van der Waals surface area contributed by atoms with Crippen molar-refractivity contribution in [3.63, 3.8) is 0 Å². The molecule has 0 aliphatic heterocycles. The van der Waals surface area contributed by atoms with Crippen molar-refractivity contribution in [2.24, 2.45) is 0 Å².